The summed E-state index contributed by atoms with van der Waals surface area (Å²) in [5, 5.41) is 9.35. The lowest BCUT2D eigenvalue weighted by Crippen LogP contribution is -2.23. The fourth-order valence-electron chi connectivity index (χ4n) is 4.09. The van der Waals surface area contributed by atoms with E-state index in [0.29, 0.717) is 15.3 Å². The molecule has 0 saturated carbocycles. The van der Waals surface area contributed by atoms with E-state index < -0.39 is 0 Å². The Kier molecular flexibility index (Phi) is 6.39. The van der Waals surface area contributed by atoms with Gasteiger partial charge in [-0.2, -0.15) is 14.6 Å². The summed E-state index contributed by atoms with van der Waals surface area (Å²) in [5.41, 5.74) is 4.08. The predicted octanol–water partition coefficient (Wildman–Crippen LogP) is 5.77. The maximum absolute atomic E-state index is 13.3. The number of hydrogen-bond acceptors (Lipinski definition) is 6. The van der Waals surface area contributed by atoms with Crippen molar-refractivity contribution in [2.24, 2.45) is 0 Å². The molecule has 3 heterocycles. The molecule has 0 amide bonds. The summed E-state index contributed by atoms with van der Waals surface area (Å²) in [6, 6.07) is 25.4. The van der Waals surface area contributed by atoms with Gasteiger partial charge in [0.1, 0.15) is 11.4 Å². The second-order valence-corrected chi connectivity index (χ2v) is 10.9. The van der Waals surface area contributed by atoms with Crippen LogP contribution in [0.15, 0.2) is 94.3 Å². The Morgan fingerprint density at radius 3 is 2.32 bits per heavy atom. The molecule has 0 atom stereocenters. The predicted molar refractivity (Wildman–Crippen MR) is 154 cm³/mol. The van der Waals surface area contributed by atoms with E-state index in [4.69, 9.17) is 9.84 Å². The highest BCUT2D eigenvalue weighted by atomic mass is 79.9. The highest BCUT2D eigenvalue weighted by Gasteiger charge is 2.15. The van der Waals surface area contributed by atoms with E-state index in [-0.39, 0.29) is 11.7 Å². The summed E-state index contributed by atoms with van der Waals surface area (Å²) in [4.78, 5) is 18.4. The lowest BCUT2D eigenvalue weighted by Gasteiger charge is -2.09. The molecule has 0 saturated heterocycles. The monoisotopic (exact) mass is 583 g/mol. The maximum atomic E-state index is 13.3. The zero-order chi connectivity index (χ0) is 26.2. The number of benzene rings is 3. The number of aromatic nitrogens is 5. The highest BCUT2D eigenvalue weighted by molar-refractivity contribution is 9.10. The number of para-hydroxylation sites is 1. The molecule has 6 rings (SSSR count). The first-order valence-corrected chi connectivity index (χ1v) is 13.6. The number of fused-ring (bicyclic) bond motifs is 1. The van der Waals surface area contributed by atoms with Crippen molar-refractivity contribution in [2.75, 3.05) is 0 Å². The minimum atomic E-state index is -0.208. The number of hydrogen-bond donors (Lipinski definition) is 0. The fourth-order valence-corrected chi connectivity index (χ4v) is 5.25. The topological polar surface area (TPSA) is 74.3 Å². The lowest BCUT2D eigenvalue weighted by atomic mass is 10.1. The molecule has 3 aromatic carbocycles. The fraction of sp³-hybridized carbons (Fsp3) is 0.103. The number of thiazole rings is 1. The van der Waals surface area contributed by atoms with Gasteiger partial charge >= 0.3 is 0 Å². The van der Waals surface area contributed by atoms with Crippen LogP contribution in [0, 0.1) is 0 Å². The quantitative estimate of drug-likeness (QED) is 0.249. The van der Waals surface area contributed by atoms with Gasteiger partial charge < -0.3 is 4.74 Å². The van der Waals surface area contributed by atoms with Crippen molar-refractivity contribution >= 4 is 38.3 Å². The van der Waals surface area contributed by atoms with Crippen LogP contribution in [0.4, 0.5) is 0 Å². The third kappa shape index (κ3) is 4.78. The summed E-state index contributed by atoms with van der Waals surface area (Å²) in [6.45, 7) is 4.00. The van der Waals surface area contributed by atoms with Gasteiger partial charge in [-0.1, -0.05) is 57.6 Å². The van der Waals surface area contributed by atoms with Crippen molar-refractivity contribution in [3.63, 3.8) is 0 Å². The molecule has 38 heavy (non-hydrogen) atoms. The smallest absolute Gasteiger partial charge is 0.291 e. The molecule has 0 aliphatic heterocycles. The molecule has 188 valence electrons. The van der Waals surface area contributed by atoms with Gasteiger partial charge in [0.2, 0.25) is 4.96 Å². The molecule has 0 aliphatic rings. The second kappa shape index (κ2) is 10.00. The normalized spacial score (nSPS) is 12.1. The van der Waals surface area contributed by atoms with Gasteiger partial charge in [0.15, 0.2) is 5.82 Å². The van der Waals surface area contributed by atoms with Gasteiger partial charge in [-0.25, -0.2) is 4.68 Å². The molecule has 0 aliphatic carbocycles. The molecule has 0 unspecified atom stereocenters. The third-order valence-electron chi connectivity index (χ3n) is 5.83. The Bertz CT molecular complexity index is 1840. The van der Waals surface area contributed by atoms with E-state index in [9.17, 15) is 4.79 Å². The average Bonchev–Trinajstić information content (AvgIpc) is 3.60. The van der Waals surface area contributed by atoms with Gasteiger partial charge in [-0.05, 0) is 68.5 Å². The van der Waals surface area contributed by atoms with Gasteiger partial charge in [-0.3, -0.25) is 4.79 Å². The molecule has 6 aromatic rings. The molecule has 9 heteroatoms. The van der Waals surface area contributed by atoms with Crippen LogP contribution in [0.3, 0.4) is 0 Å². The third-order valence-corrected chi connectivity index (χ3v) is 7.32. The summed E-state index contributed by atoms with van der Waals surface area (Å²) >= 11 is 4.75. The van der Waals surface area contributed by atoms with Crippen LogP contribution < -0.4 is 14.8 Å². The molecular weight excluding hydrogens is 562 g/mol. The van der Waals surface area contributed by atoms with E-state index in [1.54, 1.807) is 0 Å². The number of nitrogens with zero attached hydrogens (tertiary/aromatic N) is 5. The van der Waals surface area contributed by atoms with Crippen LogP contribution in [-0.2, 0) is 0 Å². The van der Waals surface area contributed by atoms with Crippen LogP contribution in [0.25, 0.3) is 39.4 Å². The van der Waals surface area contributed by atoms with Crippen LogP contribution in [0.1, 0.15) is 19.4 Å². The Hall–Kier alpha value is -4.08. The summed E-state index contributed by atoms with van der Waals surface area (Å²) in [6.07, 6.45) is 3.89. The van der Waals surface area contributed by atoms with Crippen molar-refractivity contribution in [1.29, 1.82) is 0 Å². The van der Waals surface area contributed by atoms with E-state index >= 15 is 0 Å². The molecule has 7 nitrogen and oxygen atoms in total. The number of rotatable bonds is 6. The van der Waals surface area contributed by atoms with Crippen LogP contribution in [-0.4, -0.2) is 30.5 Å². The first kappa shape index (κ1) is 24.3. The highest BCUT2D eigenvalue weighted by Crippen LogP contribution is 2.27. The van der Waals surface area contributed by atoms with Gasteiger partial charge in [-0.15, -0.1) is 5.10 Å². The van der Waals surface area contributed by atoms with E-state index in [2.05, 4.69) is 26.0 Å². The summed E-state index contributed by atoms with van der Waals surface area (Å²) < 4.78 is 10.5. The SMILES string of the molecule is CC(C)Oc1ccc(-c2nn(-c3ccccc3)cc2/C=c2/sc3nc(-c4ccc(Br)cc4)nn3c2=O)cc1. The molecule has 0 spiro atoms. The van der Waals surface area contributed by atoms with Crippen molar-refractivity contribution in [2.45, 2.75) is 20.0 Å². The summed E-state index contributed by atoms with van der Waals surface area (Å²) in [5.74, 6) is 1.32. The number of ether oxygens (including phenoxy) is 1. The number of halogens is 1. The Morgan fingerprint density at radius 1 is 0.921 bits per heavy atom. The molecule has 0 radical (unpaired) electrons. The Labute approximate surface area is 230 Å². The van der Waals surface area contributed by atoms with Gasteiger partial charge in [0.25, 0.3) is 5.56 Å². The second-order valence-electron chi connectivity index (χ2n) is 8.96. The van der Waals surface area contributed by atoms with E-state index in [1.807, 2.05) is 110 Å². The van der Waals surface area contributed by atoms with Crippen LogP contribution in [0.2, 0.25) is 0 Å². The first-order chi connectivity index (χ1) is 18.4. The van der Waals surface area contributed by atoms with Crippen molar-refractivity contribution in [3.05, 3.63) is 110 Å². The van der Waals surface area contributed by atoms with Gasteiger partial charge in [0.05, 0.1) is 16.3 Å². The minimum Gasteiger partial charge on any atom is -0.491 e. The molecular formula is C29H22BrN5O2S. The standard InChI is InChI=1S/C29H22BrN5O2S/c1-18(2)37-24-14-10-19(11-15-24)26-21(17-34(32-26)23-6-4-3-5-7-23)16-25-28(36)35-29(38-25)31-27(33-35)20-8-12-22(30)13-9-20/h3-18H,1-2H3/b25-16+. The minimum absolute atomic E-state index is 0.0909. The Balaban J connectivity index is 1.44. The maximum Gasteiger partial charge on any atom is 0.291 e. The van der Waals surface area contributed by atoms with E-state index in [0.717, 1.165) is 38.3 Å². The molecule has 0 N–H and O–H groups in total. The van der Waals surface area contributed by atoms with Crippen molar-refractivity contribution in [3.8, 4) is 34.1 Å². The van der Waals surface area contributed by atoms with Crippen LogP contribution >= 0.6 is 27.3 Å². The first-order valence-electron chi connectivity index (χ1n) is 12.0. The zero-order valence-corrected chi connectivity index (χ0v) is 23.0. The van der Waals surface area contributed by atoms with Crippen LogP contribution in [0.5, 0.6) is 5.75 Å². The van der Waals surface area contributed by atoms with E-state index in [1.165, 1.54) is 15.9 Å². The molecule has 0 bridgehead atoms. The largest absolute Gasteiger partial charge is 0.491 e. The summed E-state index contributed by atoms with van der Waals surface area (Å²) in [7, 11) is 0. The molecule has 0 fully saturated rings. The average molecular weight is 584 g/mol. The Morgan fingerprint density at radius 2 is 1.63 bits per heavy atom. The van der Waals surface area contributed by atoms with Crippen molar-refractivity contribution < 1.29 is 4.74 Å². The zero-order valence-electron chi connectivity index (χ0n) is 20.6. The molecule has 3 aromatic heterocycles. The lowest BCUT2D eigenvalue weighted by molar-refractivity contribution is 0.242. The van der Waals surface area contributed by atoms with Crippen molar-refractivity contribution in [1.82, 2.24) is 24.4 Å². The van der Waals surface area contributed by atoms with Gasteiger partial charge in [0, 0.05) is 27.4 Å².